The second-order valence-corrected chi connectivity index (χ2v) is 5.01. The van der Waals surface area contributed by atoms with Gasteiger partial charge in [-0.3, -0.25) is 5.32 Å². The summed E-state index contributed by atoms with van der Waals surface area (Å²) in [5, 5.41) is 13.6. The molecule has 0 spiro atoms. The van der Waals surface area contributed by atoms with E-state index in [9.17, 15) is 0 Å². The first-order valence-corrected chi connectivity index (χ1v) is 6.85. The van der Waals surface area contributed by atoms with Gasteiger partial charge in [-0.05, 0) is 6.92 Å². The fourth-order valence-electron chi connectivity index (χ4n) is 1.70. The Labute approximate surface area is 119 Å². The zero-order chi connectivity index (χ0) is 13.9. The Balaban J connectivity index is 1.94. The Morgan fingerprint density at radius 2 is 1.90 bits per heavy atom. The van der Waals surface area contributed by atoms with Crippen LogP contribution in [0.3, 0.4) is 0 Å². The van der Waals surface area contributed by atoms with Crippen molar-refractivity contribution >= 4 is 28.2 Å². The van der Waals surface area contributed by atoms with Gasteiger partial charge < -0.3 is 5.73 Å². The third-order valence-electron chi connectivity index (χ3n) is 2.60. The van der Waals surface area contributed by atoms with Gasteiger partial charge in [-0.1, -0.05) is 30.3 Å². The van der Waals surface area contributed by atoms with Gasteiger partial charge in [0.15, 0.2) is 10.9 Å². The molecule has 0 aliphatic carbocycles. The highest BCUT2D eigenvalue weighted by molar-refractivity contribution is 7.13. The molecule has 0 aliphatic heterocycles. The van der Waals surface area contributed by atoms with Crippen LogP contribution in [0.4, 0.5) is 16.9 Å². The summed E-state index contributed by atoms with van der Waals surface area (Å²) in [4.78, 5) is 8.70. The van der Waals surface area contributed by atoms with Gasteiger partial charge in [0.05, 0.1) is 5.69 Å². The van der Waals surface area contributed by atoms with Crippen LogP contribution in [0.1, 0.15) is 5.69 Å². The van der Waals surface area contributed by atoms with E-state index in [0.29, 0.717) is 17.5 Å². The van der Waals surface area contributed by atoms with Gasteiger partial charge in [-0.25, -0.2) is 9.97 Å². The van der Waals surface area contributed by atoms with Crippen molar-refractivity contribution in [2.45, 2.75) is 6.92 Å². The Hall–Kier alpha value is -2.54. The molecule has 0 aliphatic rings. The number of hydrogen-bond acceptors (Lipinski definition) is 7. The van der Waals surface area contributed by atoms with Gasteiger partial charge in [0.2, 0.25) is 5.95 Å². The first-order valence-electron chi connectivity index (χ1n) is 5.97. The average Bonchev–Trinajstić information content (AvgIpc) is 2.87. The fourth-order valence-corrected chi connectivity index (χ4v) is 2.38. The molecule has 0 saturated heterocycles. The van der Waals surface area contributed by atoms with E-state index in [0.717, 1.165) is 16.4 Å². The van der Waals surface area contributed by atoms with Crippen LogP contribution in [0.5, 0.6) is 0 Å². The fraction of sp³-hybridized carbons (Fsp3) is 0.0769. The van der Waals surface area contributed by atoms with Crippen molar-refractivity contribution in [2.75, 3.05) is 11.1 Å². The van der Waals surface area contributed by atoms with Crippen molar-refractivity contribution < 1.29 is 0 Å². The number of thiazole rings is 1. The molecule has 0 atom stereocenters. The highest BCUT2D eigenvalue weighted by atomic mass is 32.1. The van der Waals surface area contributed by atoms with E-state index in [1.54, 1.807) is 0 Å². The Morgan fingerprint density at radius 3 is 2.60 bits per heavy atom. The molecule has 0 unspecified atom stereocenters. The largest absolute Gasteiger partial charge is 0.380 e. The summed E-state index contributed by atoms with van der Waals surface area (Å²) in [6, 6.07) is 9.64. The zero-order valence-electron chi connectivity index (χ0n) is 10.7. The summed E-state index contributed by atoms with van der Waals surface area (Å²) in [5.41, 5.74) is 8.30. The monoisotopic (exact) mass is 284 g/mol. The smallest absolute Gasteiger partial charge is 0.249 e. The number of nitrogen functional groups attached to an aromatic ring is 1. The maximum absolute atomic E-state index is 5.84. The van der Waals surface area contributed by atoms with Crippen LogP contribution in [-0.2, 0) is 0 Å². The number of benzene rings is 1. The molecule has 0 bridgehead atoms. The van der Waals surface area contributed by atoms with E-state index < -0.39 is 0 Å². The summed E-state index contributed by atoms with van der Waals surface area (Å²) >= 11 is 1.49. The Morgan fingerprint density at radius 1 is 1.10 bits per heavy atom. The van der Waals surface area contributed by atoms with Gasteiger partial charge in [0.1, 0.15) is 5.69 Å². The van der Waals surface area contributed by atoms with Crippen LogP contribution < -0.4 is 11.1 Å². The molecule has 2 heterocycles. The highest BCUT2D eigenvalue weighted by Crippen LogP contribution is 2.24. The van der Waals surface area contributed by atoms with Crippen molar-refractivity contribution in [2.24, 2.45) is 0 Å². The van der Waals surface area contributed by atoms with Gasteiger partial charge in [0, 0.05) is 10.9 Å². The third-order valence-corrected chi connectivity index (χ3v) is 3.47. The molecule has 0 saturated carbocycles. The lowest BCUT2D eigenvalue weighted by molar-refractivity contribution is 0.992. The summed E-state index contributed by atoms with van der Waals surface area (Å²) in [5.74, 6) is 0.685. The topological polar surface area (TPSA) is 89.6 Å². The van der Waals surface area contributed by atoms with E-state index in [-0.39, 0.29) is 0 Å². The van der Waals surface area contributed by atoms with Crippen molar-refractivity contribution in [1.29, 1.82) is 0 Å². The maximum Gasteiger partial charge on any atom is 0.249 e. The average molecular weight is 284 g/mol. The molecule has 0 radical (unpaired) electrons. The first kappa shape index (κ1) is 12.5. The van der Waals surface area contributed by atoms with Crippen LogP contribution in [-0.4, -0.2) is 20.2 Å². The van der Waals surface area contributed by atoms with Crippen molar-refractivity contribution in [3.63, 3.8) is 0 Å². The molecular formula is C13H12N6S. The van der Waals surface area contributed by atoms with Crippen LogP contribution in [0, 0.1) is 6.92 Å². The number of nitrogens with zero attached hydrogens (tertiary/aromatic N) is 4. The minimum Gasteiger partial charge on any atom is -0.380 e. The molecule has 3 rings (SSSR count). The summed E-state index contributed by atoms with van der Waals surface area (Å²) < 4.78 is 0. The Kier molecular flexibility index (Phi) is 3.26. The number of aromatic nitrogens is 4. The van der Waals surface area contributed by atoms with Gasteiger partial charge in [-0.2, -0.15) is 0 Å². The van der Waals surface area contributed by atoms with E-state index >= 15 is 0 Å². The number of anilines is 3. The quantitative estimate of drug-likeness (QED) is 0.768. The zero-order valence-corrected chi connectivity index (χ0v) is 11.6. The SMILES string of the molecule is Cc1csc(Nc2nnc(N)c(-c3ccccc3)n2)n1. The minimum absolute atomic E-state index is 0.303. The van der Waals surface area contributed by atoms with E-state index in [1.165, 1.54) is 11.3 Å². The maximum atomic E-state index is 5.84. The molecule has 6 nitrogen and oxygen atoms in total. The molecule has 20 heavy (non-hydrogen) atoms. The number of hydrogen-bond donors (Lipinski definition) is 2. The lowest BCUT2D eigenvalue weighted by Gasteiger charge is -2.06. The van der Waals surface area contributed by atoms with E-state index in [4.69, 9.17) is 5.73 Å². The van der Waals surface area contributed by atoms with Crippen molar-refractivity contribution in [1.82, 2.24) is 20.2 Å². The van der Waals surface area contributed by atoms with Crippen molar-refractivity contribution in [3.05, 3.63) is 41.4 Å². The molecule has 3 aromatic rings. The first-order chi connectivity index (χ1) is 9.72. The van der Waals surface area contributed by atoms with Gasteiger partial charge in [0.25, 0.3) is 0 Å². The summed E-state index contributed by atoms with van der Waals surface area (Å²) in [7, 11) is 0. The lowest BCUT2D eigenvalue weighted by Crippen LogP contribution is -2.04. The van der Waals surface area contributed by atoms with Crippen LogP contribution in [0.2, 0.25) is 0 Å². The van der Waals surface area contributed by atoms with E-state index in [2.05, 4.69) is 25.5 Å². The standard InChI is InChI=1S/C13H12N6S/c1-8-7-20-13(15-8)17-12-16-10(11(14)18-19-12)9-5-3-2-4-6-9/h2-7H,1H3,(H2,14,18)(H,15,16,17,19). The minimum atomic E-state index is 0.303. The van der Waals surface area contributed by atoms with Crippen LogP contribution >= 0.6 is 11.3 Å². The summed E-state index contributed by atoms with van der Waals surface area (Å²) in [6.45, 7) is 1.93. The van der Waals surface area contributed by atoms with Gasteiger partial charge >= 0.3 is 0 Å². The normalized spacial score (nSPS) is 10.4. The molecule has 1 aromatic carbocycles. The predicted octanol–water partition coefficient (Wildman–Crippen LogP) is 2.63. The number of rotatable bonds is 3. The molecule has 7 heteroatoms. The lowest BCUT2D eigenvalue weighted by atomic mass is 10.1. The molecule has 0 amide bonds. The third kappa shape index (κ3) is 2.57. The van der Waals surface area contributed by atoms with Crippen molar-refractivity contribution in [3.8, 4) is 11.3 Å². The van der Waals surface area contributed by atoms with Crippen LogP contribution in [0.15, 0.2) is 35.7 Å². The molecule has 0 fully saturated rings. The number of nitrogens with two attached hydrogens (primary N) is 1. The van der Waals surface area contributed by atoms with Crippen LogP contribution in [0.25, 0.3) is 11.3 Å². The second-order valence-electron chi connectivity index (χ2n) is 4.15. The Bertz CT molecular complexity index is 725. The summed E-state index contributed by atoms with van der Waals surface area (Å²) in [6.07, 6.45) is 0. The van der Waals surface area contributed by atoms with Gasteiger partial charge in [-0.15, -0.1) is 21.5 Å². The molecule has 100 valence electrons. The van der Waals surface area contributed by atoms with E-state index in [1.807, 2.05) is 42.6 Å². The number of nitrogens with one attached hydrogen (secondary N) is 1. The second kappa shape index (κ2) is 5.22. The molecule has 3 N–H and O–H groups in total. The predicted molar refractivity (Wildman–Crippen MR) is 79.8 cm³/mol. The number of aryl methyl sites for hydroxylation is 1. The molecule has 2 aromatic heterocycles. The molecular weight excluding hydrogens is 272 g/mol. The highest BCUT2D eigenvalue weighted by Gasteiger charge is 2.09.